The lowest BCUT2D eigenvalue weighted by molar-refractivity contribution is -0.130. The van der Waals surface area contributed by atoms with Crippen LogP contribution in [0.25, 0.3) is 10.4 Å². The maximum atomic E-state index is 11.8. The van der Waals surface area contributed by atoms with Gasteiger partial charge in [-0.3, -0.25) is 9.59 Å². The fourth-order valence-corrected chi connectivity index (χ4v) is 5.57. The van der Waals surface area contributed by atoms with E-state index in [0.29, 0.717) is 36.3 Å². The fraction of sp³-hybridized carbons (Fsp3) is 0.423. The summed E-state index contributed by atoms with van der Waals surface area (Å²) in [5.41, 5.74) is 1.33. The van der Waals surface area contributed by atoms with Crippen LogP contribution in [-0.2, 0) is 15.2 Å². The van der Waals surface area contributed by atoms with Gasteiger partial charge in [-0.05, 0) is 43.0 Å². The highest BCUT2D eigenvalue weighted by Gasteiger charge is 2.39. The Kier molecular flexibility index (Phi) is 7.07. The van der Waals surface area contributed by atoms with Crippen LogP contribution in [0.3, 0.4) is 0 Å². The average Bonchev–Trinajstić information content (AvgIpc) is 3.33. The summed E-state index contributed by atoms with van der Waals surface area (Å²) < 4.78 is 6.07. The second kappa shape index (κ2) is 10.4. The topological polar surface area (TPSA) is 130 Å². The van der Waals surface area contributed by atoms with Crippen molar-refractivity contribution in [1.29, 1.82) is 0 Å². The third-order valence-corrected chi connectivity index (χ3v) is 7.92. The minimum atomic E-state index is -0.823. The summed E-state index contributed by atoms with van der Waals surface area (Å²) in [6.45, 7) is 4.39. The van der Waals surface area contributed by atoms with E-state index in [9.17, 15) is 14.7 Å². The van der Waals surface area contributed by atoms with Gasteiger partial charge in [0.15, 0.2) is 0 Å². The van der Waals surface area contributed by atoms with E-state index in [1.165, 1.54) is 18.3 Å². The Morgan fingerprint density at radius 1 is 1.14 bits per heavy atom. The SMILES string of the molecule is CC(=O)Nc1cc(Nc2nccc(OC3CCN(C(C)=O)CC3)n2)cc(-c2cnc(C3(O)CCC3)s2)c1. The van der Waals surface area contributed by atoms with E-state index >= 15 is 0 Å². The number of carbonyl (C=O) groups excluding carboxylic acids is 2. The molecule has 0 atom stereocenters. The van der Waals surface area contributed by atoms with Gasteiger partial charge in [0, 0.05) is 69.6 Å². The van der Waals surface area contributed by atoms with E-state index in [1.54, 1.807) is 31.5 Å². The van der Waals surface area contributed by atoms with Crippen LogP contribution in [-0.4, -0.2) is 56.0 Å². The minimum absolute atomic E-state index is 0.0148. The molecule has 1 aliphatic heterocycles. The fourth-order valence-electron chi connectivity index (χ4n) is 4.52. The van der Waals surface area contributed by atoms with Crippen LogP contribution in [0.1, 0.15) is 51.0 Å². The zero-order valence-electron chi connectivity index (χ0n) is 20.9. The third kappa shape index (κ3) is 5.89. The van der Waals surface area contributed by atoms with E-state index in [2.05, 4.69) is 25.6 Å². The number of amides is 2. The molecule has 2 aromatic heterocycles. The molecule has 1 saturated carbocycles. The van der Waals surface area contributed by atoms with E-state index in [4.69, 9.17) is 4.74 Å². The van der Waals surface area contributed by atoms with Crippen LogP contribution >= 0.6 is 11.3 Å². The van der Waals surface area contributed by atoms with Crippen molar-refractivity contribution in [1.82, 2.24) is 19.9 Å². The number of nitrogens with zero attached hydrogens (tertiary/aromatic N) is 4. The summed E-state index contributed by atoms with van der Waals surface area (Å²) in [5.74, 6) is 0.719. The molecular weight excluding hydrogens is 492 g/mol. The van der Waals surface area contributed by atoms with Gasteiger partial charge in [0.25, 0.3) is 0 Å². The molecule has 3 N–H and O–H groups in total. The minimum Gasteiger partial charge on any atom is -0.474 e. The zero-order valence-corrected chi connectivity index (χ0v) is 21.7. The quantitative estimate of drug-likeness (QED) is 0.424. The summed E-state index contributed by atoms with van der Waals surface area (Å²) in [6, 6.07) is 7.33. The van der Waals surface area contributed by atoms with Crippen LogP contribution in [0.4, 0.5) is 17.3 Å². The van der Waals surface area contributed by atoms with Crippen LogP contribution in [0.5, 0.6) is 5.88 Å². The van der Waals surface area contributed by atoms with Gasteiger partial charge >= 0.3 is 0 Å². The molecule has 0 unspecified atom stereocenters. The van der Waals surface area contributed by atoms with Crippen molar-refractivity contribution in [3.05, 3.63) is 41.7 Å². The Bertz CT molecular complexity index is 1300. The lowest BCUT2D eigenvalue weighted by Gasteiger charge is -2.34. The number of hydrogen-bond acceptors (Lipinski definition) is 9. The molecule has 5 rings (SSSR count). The molecule has 10 nitrogen and oxygen atoms in total. The number of ether oxygens (including phenoxy) is 1. The standard InChI is InChI=1S/C26H30N6O4S/c1-16(33)29-19-12-18(22-15-28-24(37-22)26(35)7-3-8-26)13-20(14-19)30-25-27-9-4-23(31-25)36-21-5-10-32(11-6-21)17(2)34/h4,9,12-15,21,35H,3,5-8,10-11H2,1-2H3,(H,29,33)(H,27,30,31). The zero-order chi connectivity index (χ0) is 26.0. The Morgan fingerprint density at radius 2 is 1.89 bits per heavy atom. The molecule has 37 heavy (non-hydrogen) atoms. The number of aliphatic hydroxyl groups is 1. The van der Waals surface area contributed by atoms with Crippen LogP contribution in [0, 0.1) is 0 Å². The predicted molar refractivity (Wildman–Crippen MR) is 141 cm³/mol. The molecule has 2 fully saturated rings. The predicted octanol–water partition coefficient (Wildman–Crippen LogP) is 4.06. The maximum Gasteiger partial charge on any atom is 0.230 e. The largest absolute Gasteiger partial charge is 0.474 e. The van der Waals surface area contributed by atoms with Crippen LogP contribution < -0.4 is 15.4 Å². The first-order valence-electron chi connectivity index (χ1n) is 12.4. The Hall–Kier alpha value is -3.57. The molecule has 1 aliphatic carbocycles. The molecule has 3 aromatic rings. The molecule has 194 valence electrons. The summed E-state index contributed by atoms with van der Waals surface area (Å²) in [4.78, 5) is 39.3. The number of thiazole rings is 1. The number of benzene rings is 1. The highest BCUT2D eigenvalue weighted by atomic mass is 32.1. The number of hydrogen-bond donors (Lipinski definition) is 3. The summed E-state index contributed by atoms with van der Waals surface area (Å²) in [5, 5.41) is 17.5. The van der Waals surface area contributed by atoms with E-state index in [0.717, 1.165) is 47.6 Å². The molecule has 11 heteroatoms. The molecule has 3 heterocycles. The molecule has 2 amide bonds. The van der Waals surface area contributed by atoms with Crippen molar-refractivity contribution >= 4 is 40.5 Å². The van der Waals surface area contributed by atoms with Crippen molar-refractivity contribution in [2.75, 3.05) is 23.7 Å². The highest BCUT2D eigenvalue weighted by molar-refractivity contribution is 7.15. The first-order chi connectivity index (χ1) is 17.8. The number of rotatable bonds is 7. The van der Waals surface area contributed by atoms with Gasteiger partial charge in [-0.2, -0.15) is 4.98 Å². The van der Waals surface area contributed by atoms with Gasteiger partial charge in [-0.25, -0.2) is 9.97 Å². The van der Waals surface area contributed by atoms with E-state index < -0.39 is 5.60 Å². The third-order valence-electron chi connectivity index (χ3n) is 6.68. The highest BCUT2D eigenvalue weighted by Crippen LogP contribution is 2.44. The maximum absolute atomic E-state index is 11.8. The van der Waals surface area contributed by atoms with E-state index in [-0.39, 0.29) is 17.9 Å². The summed E-state index contributed by atoms with van der Waals surface area (Å²) in [6.07, 6.45) is 7.32. The second-order valence-corrected chi connectivity index (χ2v) is 10.6. The van der Waals surface area contributed by atoms with Gasteiger partial charge in [-0.1, -0.05) is 0 Å². The number of carbonyl (C=O) groups is 2. The Balaban J connectivity index is 1.33. The first kappa shape index (κ1) is 25.1. The molecular formula is C26H30N6O4S. The van der Waals surface area contributed by atoms with Crippen molar-refractivity contribution < 1.29 is 19.4 Å². The summed E-state index contributed by atoms with van der Waals surface area (Å²) in [7, 11) is 0. The van der Waals surface area contributed by atoms with Gasteiger partial charge in [0.2, 0.25) is 23.6 Å². The number of aromatic nitrogens is 3. The molecule has 0 spiro atoms. The Labute approximate surface area is 219 Å². The molecule has 1 aromatic carbocycles. The average molecular weight is 523 g/mol. The Morgan fingerprint density at radius 3 is 2.57 bits per heavy atom. The van der Waals surface area contributed by atoms with Crippen molar-refractivity contribution in [3.8, 4) is 16.3 Å². The second-order valence-electron chi connectivity index (χ2n) is 9.56. The van der Waals surface area contributed by atoms with Crippen molar-refractivity contribution in [3.63, 3.8) is 0 Å². The summed E-state index contributed by atoms with van der Waals surface area (Å²) >= 11 is 1.46. The van der Waals surface area contributed by atoms with Crippen LogP contribution in [0.15, 0.2) is 36.7 Å². The van der Waals surface area contributed by atoms with Crippen LogP contribution in [0.2, 0.25) is 0 Å². The number of nitrogens with one attached hydrogen (secondary N) is 2. The molecule has 0 radical (unpaired) electrons. The van der Waals surface area contributed by atoms with Gasteiger partial charge < -0.3 is 25.4 Å². The van der Waals surface area contributed by atoms with Gasteiger partial charge in [0.1, 0.15) is 16.7 Å². The lowest BCUT2D eigenvalue weighted by Crippen LogP contribution is -2.40. The molecule has 0 bridgehead atoms. The smallest absolute Gasteiger partial charge is 0.230 e. The van der Waals surface area contributed by atoms with E-state index in [1.807, 2.05) is 17.0 Å². The van der Waals surface area contributed by atoms with Gasteiger partial charge in [0.05, 0.1) is 4.88 Å². The van der Waals surface area contributed by atoms with Gasteiger partial charge in [-0.15, -0.1) is 11.3 Å². The normalized spacial score (nSPS) is 17.1. The number of likely N-dealkylation sites (tertiary alicyclic amines) is 1. The number of piperidine rings is 1. The lowest BCUT2D eigenvalue weighted by atomic mass is 9.81. The number of anilines is 3. The molecule has 2 aliphatic rings. The first-order valence-corrected chi connectivity index (χ1v) is 13.2. The monoisotopic (exact) mass is 522 g/mol. The van der Waals surface area contributed by atoms with Crippen molar-refractivity contribution in [2.45, 2.75) is 57.7 Å². The molecule has 1 saturated heterocycles. The van der Waals surface area contributed by atoms with Crippen molar-refractivity contribution in [2.24, 2.45) is 0 Å².